The van der Waals surface area contributed by atoms with Crippen molar-refractivity contribution in [2.24, 2.45) is 0 Å². The first-order valence-electron chi connectivity index (χ1n) is 11.0. The highest BCUT2D eigenvalue weighted by molar-refractivity contribution is 7.89. The van der Waals surface area contributed by atoms with Crippen LogP contribution in [0.5, 0.6) is 0 Å². The topological polar surface area (TPSA) is 58.6 Å². The molecule has 1 N–H and O–H groups in total. The summed E-state index contributed by atoms with van der Waals surface area (Å²) >= 11 is 0. The molecule has 0 radical (unpaired) electrons. The van der Waals surface area contributed by atoms with Crippen LogP contribution < -0.4 is 4.72 Å². The van der Waals surface area contributed by atoms with E-state index in [-0.39, 0.29) is 18.4 Å². The maximum atomic E-state index is 12.6. The van der Waals surface area contributed by atoms with Crippen LogP contribution in [0.2, 0.25) is 0 Å². The van der Waals surface area contributed by atoms with Crippen LogP contribution in [0.4, 0.5) is 0 Å². The number of nitrogens with one attached hydrogen (secondary N) is 1. The third-order valence-corrected chi connectivity index (χ3v) is 7.91. The Bertz CT molecular complexity index is 926. The lowest BCUT2D eigenvalue weighted by atomic mass is 10.0. The van der Waals surface area contributed by atoms with E-state index in [9.17, 15) is 8.42 Å². The molecule has 2 heterocycles. The van der Waals surface area contributed by atoms with Gasteiger partial charge in [0.2, 0.25) is 10.0 Å². The fourth-order valence-electron chi connectivity index (χ4n) is 4.39. The quantitative estimate of drug-likeness (QED) is 0.665. The number of sulfonamides is 1. The summed E-state index contributed by atoms with van der Waals surface area (Å²) in [6.07, 6.45) is 5.14. The van der Waals surface area contributed by atoms with Crippen LogP contribution in [0.25, 0.3) is 11.1 Å². The molecule has 5 nitrogen and oxygen atoms in total. The maximum absolute atomic E-state index is 12.6. The summed E-state index contributed by atoms with van der Waals surface area (Å²) in [6, 6.07) is 16.5. The van der Waals surface area contributed by atoms with Crippen molar-refractivity contribution in [3.8, 4) is 11.1 Å². The van der Waals surface area contributed by atoms with Gasteiger partial charge in [0.15, 0.2) is 0 Å². The van der Waals surface area contributed by atoms with Crippen molar-refractivity contribution in [1.29, 1.82) is 0 Å². The largest absolute Gasteiger partial charge is 0.381 e. The predicted octanol–water partition coefficient (Wildman–Crippen LogP) is 4.26. The van der Waals surface area contributed by atoms with Gasteiger partial charge in [0.25, 0.3) is 0 Å². The lowest BCUT2D eigenvalue weighted by Gasteiger charge is -2.23. The zero-order chi connectivity index (χ0) is 21.0. The molecule has 4 rings (SSSR count). The van der Waals surface area contributed by atoms with Crippen LogP contribution in [0.1, 0.15) is 38.2 Å². The fraction of sp³-hybridized carbons (Fsp3) is 0.500. The maximum Gasteiger partial charge on any atom is 0.240 e. The summed E-state index contributed by atoms with van der Waals surface area (Å²) in [6.45, 7) is 5.88. The highest BCUT2D eigenvalue weighted by Crippen LogP contribution is 2.23. The van der Waals surface area contributed by atoms with E-state index in [2.05, 4.69) is 40.8 Å². The first kappa shape index (κ1) is 24.2. The highest BCUT2D eigenvalue weighted by atomic mass is 35.5. The number of benzene rings is 2. The molecule has 2 aromatic carbocycles. The van der Waals surface area contributed by atoms with E-state index in [0.717, 1.165) is 36.9 Å². The molecule has 1 atom stereocenters. The van der Waals surface area contributed by atoms with Gasteiger partial charge in [-0.05, 0) is 74.4 Å². The van der Waals surface area contributed by atoms with Gasteiger partial charge in [-0.1, -0.05) is 36.4 Å². The molecule has 2 fully saturated rings. The molecule has 0 amide bonds. The molecule has 2 aromatic rings. The Morgan fingerprint density at radius 3 is 2.16 bits per heavy atom. The highest BCUT2D eigenvalue weighted by Gasteiger charge is 2.22. The molecule has 170 valence electrons. The first-order chi connectivity index (χ1) is 14.5. The van der Waals surface area contributed by atoms with Crippen molar-refractivity contribution in [3.63, 3.8) is 0 Å². The molecule has 2 aliphatic rings. The second-order valence-electron chi connectivity index (χ2n) is 8.51. The third kappa shape index (κ3) is 6.30. The van der Waals surface area contributed by atoms with E-state index >= 15 is 0 Å². The van der Waals surface area contributed by atoms with Gasteiger partial charge >= 0.3 is 0 Å². The second-order valence-corrected chi connectivity index (χ2v) is 10.2. The molecule has 7 heteroatoms. The van der Waals surface area contributed by atoms with Gasteiger partial charge in [0.05, 0.1) is 4.90 Å². The minimum Gasteiger partial charge on any atom is -0.381 e. The number of ether oxygens (including phenoxy) is 1. The Hall–Kier alpha value is -1.44. The van der Waals surface area contributed by atoms with Crippen LogP contribution in [-0.2, 0) is 21.2 Å². The summed E-state index contributed by atoms with van der Waals surface area (Å²) in [5, 5.41) is 0. The molecule has 0 bridgehead atoms. The van der Waals surface area contributed by atoms with Crippen LogP contribution in [0.3, 0.4) is 0 Å². The minimum atomic E-state index is -3.50. The van der Waals surface area contributed by atoms with Crippen LogP contribution in [0, 0.1) is 0 Å². The first-order valence-corrected chi connectivity index (χ1v) is 12.5. The summed E-state index contributed by atoms with van der Waals surface area (Å²) in [7, 11) is -3.50. The van der Waals surface area contributed by atoms with Gasteiger partial charge in [-0.25, -0.2) is 13.1 Å². The average Bonchev–Trinajstić information content (AvgIpc) is 3.18. The van der Waals surface area contributed by atoms with E-state index in [1.165, 1.54) is 24.9 Å². The monoisotopic (exact) mass is 464 g/mol. The van der Waals surface area contributed by atoms with Crippen molar-refractivity contribution in [1.82, 2.24) is 9.62 Å². The molecule has 0 spiro atoms. The number of likely N-dealkylation sites (tertiary alicyclic amines) is 1. The normalized spacial score (nSPS) is 20.5. The zero-order valence-corrected chi connectivity index (χ0v) is 19.8. The van der Waals surface area contributed by atoms with E-state index in [4.69, 9.17) is 4.74 Å². The van der Waals surface area contributed by atoms with Crippen molar-refractivity contribution < 1.29 is 13.2 Å². The fourth-order valence-corrected chi connectivity index (χ4v) is 5.70. The number of rotatable bonds is 7. The standard InChI is InChI=1S/C24H32N2O3S.ClH/c1-19-3-2-15-26(19)16-12-20-4-6-21(7-5-20)22-8-10-24(11-9-22)30(27,28)25-23-13-17-29-18-14-23;/h4-11,19,23,25H,2-3,12-18H2,1H3;1H/t19-;/m1./s1. The smallest absolute Gasteiger partial charge is 0.240 e. The number of nitrogens with zero attached hydrogens (tertiary/aromatic N) is 1. The van der Waals surface area contributed by atoms with Crippen molar-refractivity contribution in [2.75, 3.05) is 26.3 Å². The van der Waals surface area contributed by atoms with E-state index < -0.39 is 10.0 Å². The molecule has 2 saturated heterocycles. The molecule has 0 saturated carbocycles. The van der Waals surface area contributed by atoms with Gasteiger partial charge in [-0.2, -0.15) is 0 Å². The Labute approximate surface area is 192 Å². The van der Waals surface area contributed by atoms with Gasteiger partial charge in [0, 0.05) is 31.8 Å². The van der Waals surface area contributed by atoms with E-state index in [1.54, 1.807) is 12.1 Å². The Kier molecular flexibility index (Phi) is 8.53. The Balaban J connectivity index is 0.00000272. The van der Waals surface area contributed by atoms with Crippen molar-refractivity contribution in [2.45, 2.75) is 56.0 Å². The molecule has 0 unspecified atom stereocenters. The Morgan fingerprint density at radius 2 is 1.58 bits per heavy atom. The molecular formula is C24H33ClN2O3S. The summed E-state index contributed by atoms with van der Waals surface area (Å²) in [4.78, 5) is 2.88. The van der Waals surface area contributed by atoms with Crippen LogP contribution >= 0.6 is 12.4 Å². The third-order valence-electron chi connectivity index (χ3n) is 6.37. The zero-order valence-electron chi connectivity index (χ0n) is 18.1. The average molecular weight is 465 g/mol. The van der Waals surface area contributed by atoms with Crippen molar-refractivity contribution >= 4 is 22.4 Å². The summed E-state index contributed by atoms with van der Waals surface area (Å²) in [5.41, 5.74) is 3.48. The second kappa shape index (κ2) is 10.9. The van der Waals surface area contributed by atoms with Gasteiger partial charge in [-0.3, -0.25) is 0 Å². The van der Waals surface area contributed by atoms with E-state index in [1.807, 2.05) is 12.1 Å². The molecular weight excluding hydrogens is 432 g/mol. The predicted molar refractivity (Wildman–Crippen MR) is 127 cm³/mol. The molecule has 2 aliphatic heterocycles. The lowest BCUT2D eigenvalue weighted by molar-refractivity contribution is 0.0832. The summed E-state index contributed by atoms with van der Waals surface area (Å²) < 4.78 is 33.4. The number of halogens is 1. The van der Waals surface area contributed by atoms with Gasteiger partial charge in [-0.15, -0.1) is 12.4 Å². The SMILES string of the molecule is C[C@@H]1CCCN1CCc1ccc(-c2ccc(S(=O)(=O)NC3CCOCC3)cc2)cc1.Cl. The number of hydrogen-bond acceptors (Lipinski definition) is 4. The minimum absolute atomic E-state index is 0. The Morgan fingerprint density at radius 1 is 0.968 bits per heavy atom. The molecule has 0 aliphatic carbocycles. The van der Waals surface area contributed by atoms with Crippen molar-refractivity contribution in [3.05, 3.63) is 54.1 Å². The van der Waals surface area contributed by atoms with Gasteiger partial charge < -0.3 is 9.64 Å². The number of hydrogen-bond donors (Lipinski definition) is 1. The summed E-state index contributed by atoms with van der Waals surface area (Å²) in [5.74, 6) is 0. The van der Waals surface area contributed by atoms with E-state index in [0.29, 0.717) is 24.2 Å². The van der Waals surface area contributed by atoms with Crippen LogP contribution in [-0.4, -0.2) is 51.7 Å². The lowest BCUT2D eigenvalue weighted by Crippen LogP contribution is -2.38. The van der Waals surface area contributed by atoms with Gasteiger partial charge in [0.1, 0.15) is 0 Å². The molecule has 31 heavy (non-hydrogen) atoms. The van der Waals surface area contributed by atoms with Crippen LogP contribution in [0.15, 0.2) is 53.4 Å². The molecule has 0 aromatic heterocycles.